The van der Waals surface area contributed by atoms with Crippen LogP contribution < -0.4 is 0 Å². The third kappa shape index (κ3) is 5.56. The summed E-state index contributed by atoms with van der Waals surface area (Å²) in [7, 11) is 0. The van der Waals surface area contributed by atoms with Crippen LogP contribution in [0.3, 0.4) is 0 Å². The van der Waals surface area contributed by atoms with Gasteiger partial charge in [-0.05, 0) is 75.8 Å². The summed E-state index contributed by atoms with van der Waals surface area (Å²) in [5.74, 6) is 1.85. The number of hydrogen-bond donors (Lipinski definition) is 0. The van der Waals surface area contributed by atoms with Crippen molar-refractivity contribution in [2.75, 3.05) is 0 Å². The Kier molecular flexibility index (Phi) is 7.64. The highest BCUT2D eigenvalue weighted by molar-refractivity contribution is 7.26. The van der Waals surface area contributed by atoms with Gasteiger partial charge in [-0.3, -0.25) is 0 Å². The van der Waals surface area contributed by atoms with E-state index in [2.05, 4.69) is 133 Å². The monoisotopic (exact) mass is 733 g/mol. The Morgan fingerprint density at radius 1 is 0.321 bits per heavy atom. The molecule has 0 amide bonds. The topological polar surface area (TPSA) is 51.8 Å². The molecule has 262 valence electrons. The number of nitrogens with zero attached hydrogens (tertiary/aromatic N) is 3. The number of fused-ring (bicyclic) bond motifs is 6. The van der Waals surface area contributed by atoms with E-state index in [0.29, 0.717) is 17.5 Å². The average Bonchev–Trinajstić information content (AvgIpc) is 3.85. The van der Waals surface area contributed by atoms with Crippen LogP contribution in [0.1, 0.15) is 0 Å². The molecule has 3 heterocycles. The van der Waals surface area contributed by atoms with E-state index >= 15 is 0 Å². The summed E-state index contributed by atoms with van der Waals surface area (Å²) in [6.45, 7) is 0. The molecule has 0 bridgehead atoms. The highest BCUT2D eigenvalue weighted by Crippen LogP contribution is 2.43. The van der Waals surface area contributed by atoms with Crippen LogP contribution in [-0.2, 0) is 0 Å². The molecule has 0 aliphatic carbocycles. The number of para-hydroxylation sites is 1. The Bertz CT molecular complexity index is 3260. The van der Waals surface area contributed by atoms with E-state index in [1.165, 1.54) is 42.6 Å². The third-order valence-electron chi connectivity index (χ3n) is 10.6. The maximum atomic E-state index is 6.28. The first-order valence-electron chi connectivity index (χ1n) is 18.7. The van der Waals surface area contributed by atoms with Crippen molar-refractivity contribution in [2.24, 2.45) is 0 Å². The van der Waals surface area contributed by atoms with Gasteiger partial charge >= 0.3 is 0 Å². The lowest BCUT2D eigenvalue weighted by atomic mass is 9.92. The highest BCUT2D eigenvalue weighted by atomic mass is 32.1. The Hall–Kier alpha value is -7.21. The summed E-state index contributed by atoms with van der Waals surface area (Å²) < 4.78 is 8.68. The Balaban J connectivity index is 1.08. The van der Waals surface area contributed by atoms with Gasteiger partial charge in [0.15, 0.2) is 17.5 Å². The van der Waals surface area contributed by atoms with Crippen LogP contribution in [0.25, 0.3) is 110 Å². The first-order valence-corrected chi connectivity index (χ1v) is 19.5. The number of aromatic nitrogens is 3. The molecule has 0 fully saturated rings. The van der Waals surface area contributed by atoms with Crippen molar-refractivity contribution in [1.29, 1.82) is 0 Å². The van der Waals surface area contributed by atoms with E-state index in [1.807, 2.05) is 54.6 Å². The van der Waals surface area contributed by atoms with Crippen molar-refractivity contribution < 1.29 is 4.42 Å². The van der Waals surface area contributed by atoms with Crippen molar-refractivity contribution >= 4 is 53.4 Å². The molecule has 0 unspecified atom stereocenters. The second-order valence-electron chi connectivity index (χ2n) is 14.0. The minimum Gasteiger partial charge on any atom is -0.456 e. The third-order valence-corrected chi connectivity index (χ3v) is 11.7. The van der Waals surface area contributed by atoms with Crippen molar-refractivity contribution in [3.63, 3.8) is 0 Å². The normalized spacial score (nSPS) is 11.6. The van der Waals surface area contributed by atoms with Crippen molar-refractivity contribution in [3.8, 4) is 67.5 Å². The van der Waals surface area contributed by atoms with Crippen molar-refractivity contribution in [2.45, 2.75) is 0 Å². The van der Waals surface area contributed by atoms with E-state index in [4.69, 9.17) is 19.4 Å². The van der Waals surface area contributed by atoms with Gasteiger partial charge in [-0.1, -0.05) is 146 Å². The maximum absolute atomic E-state index is 6.28. The van der Waals surface area contributed by atoms with Gasteiger partial charge in [-0.25, -0.2) is 15.0 Å². The fraction of sp³-hybridized carbons (Fsp3) is 0. The molecule has 0 saturated carbocycles. The largest absolute Gasteiger partial charge is 0.456 e. The Morgan fingerprint density at radius 2 is 0.911 bits per heavy atom. The van der Waals surface area contributed by atoms with Crippen LogP contribution >= 0.6 is 11.3 Å². The molecule has 11 rings (SSSR count). The molecule has 0 atom stereocenters. The lowest BCUT2D eigenvalue weighted by Crippen LogP contribution is -2.00. The predicted octanol–water partition coefficient (Wildman–Crippen LogP) is 14.1. The van der Waals surface area contributed by atoms with Crippen molar-refractivity contribution in [3.05, 3.63) is 188 Å². The van der Waals surface area contributed by atoms with Crippen LogP contribution in [0.2, 0.25) is 0 Å². The molecule has 0 saturated heterocycles. The van der Waals surface area contributed by atoms with Crippen LogP contribution in [0.5, 0.6) is 0 Å². The zero-order chi connectivity index (χ0) is 37.0. The summed E-state index contributed by atoms with van der Waals surface area (Å²) >= 11 is 1.80. The lowest BCUT2D eigenvalue weighted by Gasteiger charge is -2.12. The van der Waals surface area contributed by atoms with Crippen LogP contribution in [0.4, 0.5) is 0 Å². The van der Waals surface area contributed by atoms with Gasteiger partial charge in [0.05, 0.1) is 0 Å². The van der Waals surface area contributed by atoms with Crippen LogP contribution in [0, 0.1) is 0 Å². The predicted molar refractivity (Wildman–Crippen MR) is 233 cm³/mol. The molecule has 0 aliphatic rings. The zero-order valence-electron chi connectivity index (χ0n) is 30.1. The second kappa shape index (κ2) is 13.3. The average molecular weight is 734 g/mol. The zero-order valence-corrected chi connectivity index (χ0v) is 30.9. The van der Waals surface area contributed by atoms with E-state index in [1.54, 1.807) is 11.3 Å². The second-order valence-corrected chi connectivity index (χ2v) is 15.0. The molecule has 8 aromatic carbocycles. The molecule has 4 nitrogen and oxygen atoms in total. The Labute approximate surface area is 327 Å². The smallest absolute Gasteiger partial charge is 0.164 e. The van der Waals surface area contributed by atoms with Gasteiger partial charge in [0.25, 0.3) is 0 Å². The summed E-state index contributed by atoms with van der Waals surface area (Å²) in [5, 5.41) is 4.48. The number of furan rings is 1. The lowest BCUT2D eigenvalue weighted by molar-refractivity contribution is 0.669. The van der Waals surface area contributed by atoms with E-state index in [9.17, 15) is 0 Å². The summed E-state index contributed by atoms with van der Waals surface area (Å²) in [6, 6.07) is 65.9. The standard InChI is InChI=1S/C51H31N3OS/c1-3-13-32(14-4-1)34-17-11-18-35(29-34)38-19-7-8-20-39(38)36-26-28-46-43(30-36)48-42(22-12-24-47(48)56-46)51-53-49(33-15-5-2-6-16-33)52-50(54-51)37-25-27-41-40-21-9-10-23-44(40)55-45(41)31-37/h1-31H. The molecular formula is C51H31N3OS. The highest BCUT2D eigenvalue weighted by Gasteiger charge is 2.19. The van der Waals surface area contributed by atoms with Crippen molar-refractivity contribution in [1.82, 2.24) is 15.0 Å². The van der Waals surface area contributed by atoms with Gasteiger partial charge in [0.1, 0.15) is 11.2 Å². The van der Waals surface area contributed by atoms with Crippen LogP contribution in [-0.4, -0.2) is 15.0 Å². The summed E-state index contributed by atoms with van der Waals surface area (Å²) in [4.78, 5) is 15.4. The fourth-order valence-electron chi connectivity index (χ4n) is 7.87. The molecule has 5 heteroatoms. The fourth-order valence-corrected chi connectivity index (χ4v) is 8.98. The molecule has 0 spiro atoms. The molecule has 0 radical (unpaired) electrons. The van der Waals surface area contributed by atoms with Crippen LogP contribution in [0.15, 0.2) is 192 Å². The van der Waals surface area contributed by atoms with Gasteiger partial charge < -0.3 is 4.42 Å². The number of rotatable bonds is 6. The first-order chi connectivity index (χ1) is 27.7. The minimum atomic E-state index is 0.597. The Morgan fingerprint density at radius 3 is 1.73 bits per heavy atom. The van der Waals surface area contributed by atoms with Gasteiger partial charge in [0, 0.05) is 47.6 Å². The van der Waals surface area contributed by atoms with E-state index in [-0.39, 0.29) is 0 Å². The number of hydrogen-bond acceptors (Lipinski definition) is 5. The molecule has 0 aliphatic heterocycles. The van der Waals surface area contributed by atoms with Gasteiger partial charge in [-0.15, -0.1) is 11.3 Å². The van der Waals surface area contributed by atoms with Gasteiger partial charge in [-0.2, -0.15) is 0 Å². The SMILES string of the molecule is c1ccc(-c2cccc(-c3ccccc3-c3ccc4sc5cccc(-c6nc(-c7ccccc7)nc(-c7ccc8c(c7)oc7ccccc78)n6)c5c4c3)c2)cc1. The molecule has 0 N–H and O–H groups in total. The molecule has 11 aromatic rings. The summed E-state index contributed by atoms with van der Waals surface area (Å²) in [5.41, 5.74) is 11.6. The first kappa shape index (κ1) is 32.2. The molecule has 56 heavy (non-hydrogen) atoms. The van der Waals surface area contributed by atoms with E-state index < -0.39 is 0 Å². The summed E-state index contributed by atoms with van der Waals surface area (Å²) in [6.07, 6.45) is 0. The maximum Gasteiger partial charge on any atom is 0.164 e. The number of thiophene rings is 1. The molecular weight excluding hydrogens is 703 g/mol. The number of benzene rings is 8. The molecule has 3 aromatic heterocycles. The quantitative estimate of drug-likeness (QED) is 0.171. The van der Waals surface area contributed by atoms with E-state index in [0.717, 1.165) is 49.6 Å². The van der Waals surface area contributed by atoms with Gasteiger partial charge in [0.2, 0.25) is 0 Å². The minimum absolute atomic E-state index is 0.597.